The van der Waals surface area contributed by atoms with E-state index in [-0.39, 0.29) is 6.04 Å². The lowest BCUT2D eigenvalue weighted by Gasteiger charge is -2.17. The van der Waals surface area contributed by atoms with Crippen LogP contribution in [0.15, 0.2) is 29.0 Å². The zero-order chi connectivity index (χ0) is 12.3. The largest absolute Gasteiger partial charge is 0.469 e. The molecule has 0 fully saturated rings. The van der Waals surface area contributed by atoms with E-state index in [0.717, 1.165) is 30.0 Å². The summed E-state index contributed by atoms with van der Waals surface area (Å²) in [4.78, 5) is 0. The molecular formula is C12H18N4O. The van der Waals surface area contributed by atoms with Crippen LogP contribution in [0.1, 0.15) is 36.9 Å². The number of hydrogen-bond acceptors (Lipinski definition) is 4. The van der Waals surface area contributed by atoms with E-state index in [2.05, 4.69) is 24.4 Å². The van der Waals surface area contributed by atoms with Crippen LogP contribution < -0.4 is 11.3 Å². The van der Waals surface area contributed by atoms with Crippen LogP contribution in [0.4, 0.5) is 0 Å². The summed E-state index contributed by atoms with van der Waals surface area (Å²) in [5.41, 5.74) is 4.96. The Kier molecular flexibility index (Phi) is 3.61. The molecule has 17 heavy (non-hydrogen) atoms. The average Bonchev–Trinajstić information content (AvgIpc) is 2.98. The van der Waals surface area contributed by atoms with Crippen LogP contribution in [0.25, 0.3) is 0 Å². The summed E-state index contributed by atoms with van der Waals surface area (Å²) in [6.45, 7) is 4.94. The van der Waals surface area contributed by atoms with Gasteiger partial charge in [-0.2, -0.15) is 5.10 Å². The van der Waals surface area contributed by atoms with Gasteiger partial charge in [-0.05, 0) is 19.1 Å². The van der Waals surface area contributed by atoms with Gasteiger partial charge in [-0.1, -0.05) is 6.92 Å². The average molecular weight is 234 g/mol. The Morgan fingerprint density at radius 3 is 2.94 bits per heavy atom. The lowest BCUT2D eigenvalue weighted by molar-refractivity contribution is 0.492. The maximum Gasteiger partial charge on any atom is 0.108 e. The second-order valence-corrected chi connectivity index (χ2v) is 3.82. The molecule has 0 bridgehead atoms. The summed E-state index contributed by atoms with van der Waals surface area (Å²) in [5.74, 6) is 6.62. The van der Waals surface area contributed by atoms with Crippen LogP contribution in [0.2, 0.25) is 0 Å². The van der Waals surface area contributed by atoms with Gasteiger partial charge in [0.05, 0.1) is 18.0 Å². The molecule has 2 heterocycles. The fourth-order valence-corrected chi connectivity index (χ4v) is 2.08. The SMILES string of the molecule is CCc1occc1C(NN)c1ccnn1CC. The molecule has 2 rings (SSSR count). The van der Waals surface area contributed by atoms with Gasteiger partial charge in [0, 0.05) is 24.7 Å². The summed E-state index contributed by atoms with van der Waals surface area (Å²) >= 11 is 0. The molecule has 0 saturated carbocycles. The first-order valence-corrected chi connectivity index (χ1v) is 5.85. The number of hydrogen-bond donors (Lipinski definition) is 2. The highest BCUT2D eigenvalue weighted by molar-refractivity contribution is 5.29. The molecule has 1 atom stereocenters. The Balaban J connectivity index is 2.40. The van der Waals surface area contributed by atoms with Crippen molar-refractivity contribution < 1.29 is 4.42 Å². The molecule has 0 amide bonds. The van der Waals surface area contributed by atoms with Gasteiger partial charge in [-0.15, -0.1) is 0 Å². The van der Waals surface area contributed by atoms with Crippen molar-refractivity contribution in [3.63, 3.8) is 0 Å². The first kappa shape index (κ1) is 11.9. The van der Waals surface area contributed by atoms with Crippen molar-refractivity contribution in [1.82, 2.24) is 15.2 Å². The van der Waals surface area contributed by atoms with E-state index in [1.165, 1.54) is 0 Å². The third kappa shape index (κ3) is 2.11. The highest BCUT2D eigenvalue weighted by Gasteiger charge is 2.20. The second kappa shape index (κ2) is 5.16. The Labute approximate surface area is 101 Å². The van der Waals surface area contributed by atoms with Gasteiger partial charge < -0.3 is 4.42 Å². The van der Waals surface area contributed by atoms with Crippen molar-refractivity contribution in [3.8, 4) is 0 Å². The summed E-state index contributed by atoms with van der Waals surface area (Å²) in [6.07, 6.45) is 4.33. The topological polar surface area (TPSA) is 69.0 Å². The first-order chi connectivity index (χ1) is 8.31. The highest BCUT2D eigenvalue weighted by Crippen LogP contribution is 2.25. The lowest BCUT2D eigenvalue weighted by atomic mass is 10.0. The molecule has 5 nitrogen and oxygen atoms in total. The summed E-state index contributed by atoms with van der Waals surface area (Å²) < 4.78 is 7.37. The smallest absolute Gasteiger partial charge is 0.108 e. The Hall–Kier alpha value is -1.59. The quantitative estimate of drug-likeness (QED) is 0.609. The van der Waals surface area contributed by atoms with Crippen LogP contribution in [0.5, 0.6) is 0 Å². The number of nitrogens with zero attached hydrogens (tertiary/aromatic N) is 2. The molecule has 2 aromatic heterocycles. The number of nitrogens with two attached hydrogens (primary N) is 1. The van der Waals surface area contributed by atoms with Crippen molar-refractivity contribution in [1.29, 1.82) is 0 Å². The van der Waals surface area contributed by atoms with Gasteiger partial charge in [-0.25, -0.2) is 5.43 Å². The fourth-order valence-electron chi connectivity index (χ4n) is 2.08. The number of nitrogens with one attached hydrogen (secondary N) is 1. The summed E-state index contributed by atoms with van der Waals surface area (Å²) in [6, 6.07) is 3.85. The van der Waals surface area contributed by atoms with E-state index in [9.17, 15) is 0 Å². The molecule has 0 spiro atoms. The molecule has 5 heteroatoms. The maximum absolute atomic E-state index is 5.67. The normalized spacial score (nSPS) is 12.9. The summed E-state index contributed by atoms with van der Waals surface area (Å²) in [7, 11) is 0. The van der Waals surface area contributed by atoms with Gasteiger partial charge in [0.25, 0.3) is 0 Å². The van der Waals surface area contributed by atoms with Crippen molar-refractivity contribution in [2.24, 2.45) is 5.84 Å². The maximum atomic E-state index is 5.67. The minimum absolute atomic E-state index is 0.0776. The molecule has 0 aliphatic rings. The lowest BCUT2D eigenvalue weighted by Crippen LogP contribution is -2.31. The third-order valence-electron chi connectivity index (χ3n) is 2.92. The van der Waals surface area contributed by atoms with Gasteiger partial charge in [0.15, 0.2) is 0 Å². The van der Waals surface area contributed by atoms with Crippen LogP contribution in [-0.4, -0.2) is 9.78 Å². The van der Waals surface area contributed by atoms with Crippen LogP contribution in [0, 0.1) is 0 Å². The number of aromatic nitrogens is 2. The van der Waals surface area contributed by atoms with E-state index in [1.807, 2.05) is 16.8 Å². The van der Waals surface area contributed by atoms with E-state index < -0.39 is 0 Å². The second-order valence-electron chi connectivity index (χ2n) is 3.82. The van der Waals surface area contributed by atoms with Gasteiger partial charge in [0.1, 0.15) is 5.76 Å². The molecule has 3 N–H and O–H groups in total. The van der Waals surface area contributed by atoms with Gasteiger partial charge >= 0.3 is 0 Å². The predicted molar refractivity (Wildman–Crippen MR) is 65.2 cm³/mol. The molecule has 0 aliphatic carbocycles. The molecule has 0 aromatic carbocycles. The third-order valence-corrected chi connectivity index (χ3v) is 2.92. The molecule has 1 unspecified atom stereocenters. The van der Waals surface area contributed by atoms with Crippen LogP contribution in [0.3, 0.4) is 0 Å². The number of rotatable bonds is 5. The predicted octanol–water partition coefficient (Wildman–Crippen LogP) is 1.61. The van der Waals surface area contributed by atoms with E-state index in [0.29, 0.717) is 0 Å². The minimum Gasteiger partial charge on any atom is -0.469 e. The monoisotopic (exact) mass is 234 g/mol. The number of hydrazine groups is 1. The van der Waals surface area contributed by atoms with Crippen LogP contribution >= 0.6 is 0 Å². The Morgan fingerprint density at radius 1 is 1.47 bits per heavy atom. The standard InChI is InChI=1S/C12H18N4O/c1-3-11-9(6-8-17-11)12(15-13)10-5-7-14-16(10)4-2/h5-8,12,15H,3-4,13H2,1-2H3. The molecule has 0 radical (unpaired) electrons. The molecule has 0 saturated heterocycles. The molecule has 92 valence electrons. The molecule has 0 aliphatic heterocycles. The van der Waals surface area contributed by atoms with Gasteiger partial charge in [-0.3, -0.25) is 10.5 Å². The zero-order valence-electron chi connectivity index (χ0n) is 10.2. The number of aryl methyl sites for hydroxylation is 2. The van der Waals surface area contributed by atoms with Crippen molar-refractivity contribution >= 4 is 0 Å². The number of furan rings is 1. The Bertz CT molecular complexity index is 432. The fraction of sp³-hybridized carbons (Fsp3) is 0.417. The highest BCUT2D eigenvalue weighted by atomic mass is 16.3. The Morgan fingerprint density at radius 2 is 2.29 bits per heavy atom. The van der Waals surface area contributed by atoms with Crippen molar-refractivity contribution in [2.75, 3.05) is 0 Å². The zero-order valence-corrected chi connectivity index (χ0v) is 10.2. The van der Waals surface area contributed by atoms with Crippen molar-refractivity contribution in [3.05, 3.63) is 41.6 Å². The molecule has 2 aromatic rings. The van der Waals surface area contributed by atoms with E-state index in [1.54, 1.807) is 12.5 Å². The van der Waals surface area contributed by atoms with Crippen molar-refractivity contribution in [2.45, 2.75) is 32.9 Å². The van der Waals surface area contributed by atoms with E-state index >= 15 is 0 Å². The van der Waals surface area contributed by atoms with E-state index in [4.69, 9.17) is 10.3 Å². The van der Waals surface area contributed by atoms with Crippen LogP contribution in [-0.2, 0) is 13.0 Å². The first-order valence-electron chi connectivity index (χ1n) is 5.85. The van der Waals surface area contributed by atoms with Gasteiger partial charge in [0.2, 0.25) is 0 Å². The minimum atomic E-state index is -0.0776. The molecular weight excluding hydrogens is 216 g/mol. The summed E-state index contributed by atoms with van der Waals surface area (Å²) in [5, 5.41) is 4.26.